The molecular weight excluding hydrogens is 302 g/mol. The summed E-state index contributed by atoms with van der Waals surface area (Å²) in [6, 6.07) is 3.78. The lowest BCUT2D eigenvalue weighted by molar-refractivity contribution is 0.0240. The topological polar surface area (TPSA) is 58.8 Å². The van der Waals surface area contributed by atoms with Crippen molar-refractivity contribution in [1.82, 2.24) is 4.90 Å². The number of benzene rings is 1. The van der Waals surface area contributed by atoms with Crippen LogP contribution in [0.2, 0.25) is 5.02 Å². The third-order valence-corrected chi connectivity index (χ3v) is 3.91. The van der Waals surface area contributed by atoms with Gasteiger partial charge in [0.05, 0.1) is 10.7 Å². The Labute approximate surface area is 137 Å². The average molecular weight is 326 g/mol. The van der Waals surface area contributed by atoms with Crippen molar-refractivity contribution in [3.63, 3.8) is 0 Å². The van der Waals surface area contributed by atoms with E-state index in [4.69, 9.17) is 22.1 Å². The number of rotatable bonds is 1. The second-order valence-electron chi connectivity index (χ2n) is 6.61. The Balaban J connectivity index is 2.01. The van der Waals surface area contributed by atoms with Crippen LogP contribution >= 0.6 is 11.6 Å². The molecule has 22 heavy (non-hydrogen) atoms. The third-order valence-electron chi connectivity index (χ3n) is 3.59. The Morgan fingerprint density at radius 1 is 1.23 bits per heavy atom. The molecule has 1 saturated heterocycles. The van der Waals surface area contributed by atoms with Crippen LogP contribution < -0.4 is 10.6 Å². The summed E-state index contributed by atoms with van der Waals surface area (Å²) in [6.45, 7) is 10.4. The van der Waals surface area contributed by atoms with Crippen LogP contribution in [-0.4, -0.2) is 42.8 Å². The Hall–Kier alpha value is -1.62. The van der Waals surface area contributed by atoms with Gasteiger partial charge in [-0.05, 0) is 45.4 Å². The zero-order valence-electron chi connectivity index (χ0n) is 13.6. The van der Waals surface area contributed by atoms with Gasteiger partial charge in [-0.15, -0.1) is 0 Å². The smallest absolute Gasteiger partial charge is 0.410 e. The van der Waals surface area contributed by atoms with Gasteiger partial charge in [-0.25, -0.2) is 4.79 Å². The molecule has 0 spiro atoms. The molecule has 0 unspecified atom stereocenters. The first-order valence-corrected chi connectivity index (χ1v) is 7.83. The van der Waals surface area contributed by atoms with Crippen molar-refractivity contribution in [3.05, 3.63) is 22.7 Å². The van der Waals surface area contributed by atoms with Gasteiger partial charge in [-0.1, -0.05) is 11.6 Å². The van der Waals surface area contributed by atoms with Gasteiger partial charge in [0.15, 0.2) is 0 Å². The average Bonchev–Trinajstić information content (AvgIpc) is 2.41. The summed E-state index contributed by atoms with van der Waals surface area (Å²) >= 11 is 6.12. The van der Waals surface area contributed by atoms with Crippen molar-refractivity contribution < 1.29 is 9.53 Å². The minimum absolute atomic E-state index is 0.251. The molecule has 0 aliphatic carbocycles. The van der Waals surface area contributed by atoms with Crippen molar-refractivity contribution >= 4 is 29.1 Å². The van der Waals surface area contributed by atoms with Gasteiger partial charge in [0.25, 0.3) is 0 Å². The molecule has 5 nitrogen and oxygen atoms in total. The summed E-state index contributed by atoms with van der Waals surface area (Å²) in [5.74, 6) is 0. The number of aryl methyl sites for hydroxylation is 1. The number of hydrogen-bond acceptors (Lipinski definition) is 4. The molecule has 1 amide bonds. The molecule has 0 bridgehead atoms. The summed E-state index contributed by atoms with van der Waals surface area (Å²) in [7, 11) is 0. The standard InChI is InChI=1S/C16H24ClN3O2/c1-11-9-13(18)12(17)10-14(11)19-5-7-20(8-6-19)15(21)22-16(2,3)4/h9-10H,5-8,18H2,1-4H3. The van der Waals surface area contributed by atoms with Crippen molar-refractivity contribution in [2.24, 2.45) is 0 Å². The van der Waals surface area contributed by atoms with Gasteiger partial charge in [0, 0.05) is 31.9 Å². The molecule has 2 N–H and O–H groups in total. The van der Waals surface area contributed by atoms with Crippen molar-refractivity contribution in [1.29, 1.82) is 0 Å². The number of carbonyl (C=O) groups excluding carboxylic acids is 1. The first-order chi connectivity index (χ1) is 10.2. The fraction of sp³-hybridized carbons (Fsp3) is 0.562. The van der Waals surface area contributed by atoms with Crippen molar-refractivity contribution in [3.8, 4) is 0 Å². The Kier molecular flexibility index (Phi) is 4.75. The maximum atomic E-state index is 12.1. The van der Waals surface area contributed by atoms with Gasteiger partial charge >= 0.3 is 6.09 Å². The minimum Gasteiger partial charge on any atom is -0.444 e. The molecule has 2 rings (SSSR count). The lowest BCUT2D eigenvalue weighted by Gasteiger charge is -2.37. The van der Waals surface area contributed by atoms with E-state index >= 15 is 0 Å². The monoisotopic (exact) mass is 325 g/mol. The Morgan fingerprint density at radius 3 is 2.36 bits per heavy atom. The molecule has 1 aliphatic rings. The lowest BCUT2D eigenvalue weighted by atomic mass is 10.1. The first kappa shape index (κ1) is 16.7. The Morgan fingerprint density at radius 2 is 1.82 bits per heavy atom. The van der Waals surface area contributed by atoms with E-state index in [1.807, 2.05) is 39.8 Å². The minimum atomic E-state index is -0.463. The quantitative estimate of drug-likeness (QED) is 0.805. The molecule has 0 aromatic heterocycles. The van der Waals surface area contributed by atoms with Crippen LogP contribution in [0.5, 0.6) is 0 Å². The van der Waals surface area contributed by atoms with Gasteiger partial charge in [-0.3, -0.25) is 0 Å². The molecule has 0 saturated carbocycles. The summed E-state index contributed by atoms with van der Waals surface area (Å²) in [5, 5.41) is 0.565. The lowest BCUT2D eigenvalue weighted by Crippen LogP contribution is -2.50. The highest BCUT2D eigenvalue weighted by Gasteiger charge is 2.26. The fourth-order valence-electron chi connectivity index (χ4n) is 2.49. The summed E-state index contributed by atoms with van der Waals surface area (Å²) in [5.41, 5.74) is 8.11. The zero-order chi connectivity index (χ0) is 16.5. The van der Waals surface area contributed by atoms with E-state index < -0.39 is 5.60 Å². The SMILES string of the molecule is Cc1cc(N)c(Cl)cc1N1CCN(C(=O)OC(C)(C)C)CC1. The molecule has 1 aliphatic heterocycles. The fourth-order valence-corrected chi connectivity index (χ4v) is 2.65. The second kappa shape index (κ2) is 6.24. The third kappa shape index (κ3) is 3.97. The van der Waals surface area contributed by atoms with E-state index in [1.54, 1.807) is 4.90 Å². The summed E-state index contributed by atoms with van der Waals surface area (Å²) < 4.78 is 5.41. The number of carbonyl (C=O) groups is 1. The van der Waals surface area contributed by atoms with Crippen LogP contribution in [0.25, 0.3) is 0 Å². The number of halogens is 1. The van der Waals surface area contributed by atoms with E-state index in [0.717, 1.165) is 24.3 Å². The number of hydrogen-bond donors (Lipinski definition) is 1. The molecule has 6 heteroatoms. The summed E-state index contributed by atoms with van der Waals surface area (Å²) in [4.78, 5) is 16.0. The van der Waals surface area contributed by atoms with Crippen molar-refractivity contribution in [2.45, 2.75) is 33.3 Å². The highest BCUT2D eigenvalue weighted by Crippen LogP contribution is 2.30. The predicted octanol–water partition coefficient (Wildman–Crippen LogP) is 3.29. The molecule has 0 atom stereocenters. The highest BCUT2D eigenvalue weighted by atomic mass is 35.5. The molecule has 122 valence electrons. The molecule has 1 fully saturated rings. The zero-order valence-corrected chi connectivity index (χ0v) is 14.4. The van der Waals surface area contributed by atoms with E-state index in [-0.39, 0.29) is 6.09 Å². The van der Waals surface area contributed by atoms with E-state index in [1.165, 1.54) is 0 Å². The molecule has 1 aromatic rings. The van der Waals surface area contributed by atoms with Crippen molar-refractivity contribution in [2.75, 3.05) is 36.8 Å². The van der Waals surface area contributed by atoms with E-state index in [0.29, 0.717) is 23.8 Å². The highest BCUT2D eigenvalue weighted by molar-refractivity contribution is 6.33. The molecule has 1 heterocycles. The van der Waals surface area contributed by atoms with Crippen LogP contribution in [0.4, 0.5) is 16.2 Å². The number of anilines is 2. The first-order valence-electron chi connectivity index (χ1n) is 7.46. The molecule has 0 radical (unpaired) electrons. The van der Waals surface area contributed by atoms with Crippen LogP contribution in [0.1, 0.15) is 26.3 Å². The van der Waals surface area contributed by atoms with Gasteiger partial charge < -0.3 is 20.3 Å². The second-order valence-corrected chi connectivity index (χ2v) is 7.02. The number of piperazine rings is 1. The normalized spacial score (nSPS) is 15.9. The van der Waals surface area contributed by atoms with Crippen LogP contribution in [0.3, 0.4) is 0 Å². The van der Waals surface area contributed by atoms with E-state index in [2.05, 4.69) is 4.90 Å². The number of nitrogens with two attached hydrogens (primary N) is 1. The maximum absolute atomic E-state index is 12.1. The Bertz CT molecular complexity index is 561. The number of ether oxygens (including phenoxy) is 1. The van der Waals surface area contributed by atoms with Crippen LogP contribution in [0.15, 0.2) is 12.1 Å². The maximum Gasteiger partial charge on any atom is 0.410 e. The van der Waals surface area contributed by atoms with Crippen LogP contribution in [0, 0.1) is 6.92 Å². The summed E-state index contributed by atoms with van der Waals surface area (Å²) in [6.07, 6.45) is -0.251. The largest absolute Gasteiger partial charge is 0.444 e. The van der Waals surface area contributed by atoms with Gasteiger partial charge in [0.2, 0.25) is 0 Å². The number of nitrogens with zero attached hydrogens (tertiary/aromatic N) is 2. The van der Waals surface area contributed by atoms with Gasteiger partial charge in [-0.2, -0.15) is 0 Å². The molecular formula is C16H24ClN3O2. The molecule has 1 aromatic carbocycles. The van der Waals surface area contributed by atoms with Gasteiger partial charge in [0.1, 0.15) is 5.60 Å². The van der Waals surface area contributed by atoms with E-state index in [9.17, 15) is 4.79 Å². The number of nitrogen functional groups attached to an aromatic ring is 1. The van der Waals surface area contributed by atoms with Crippen LogP contribution in [-0.2, 0) is 4.74 Å². The number of amides is 1. The predicted molar refractivity (Wildman–Crippen MR) is 90.6 cm³/mol.